The Morgan fingerprint density at radius 1 is 0.134 bits per heavy atom. The van der Waals surface area contributed by atoms with Gasteiger partial charge in [0.1, 0.15) is 0 Å². The maximum atomic E-state index is 10.1. The molecular formula is C84H162MoO12. The van der Waals surface area contributed by atoms with E-state index in [2.05, 4.69) is 41.5 Å². The second kappa shape index (κ2) is 104. The van der Waals surface area contributed by atoms with Crippen LogP contribution >= 0.6 is 0 Å². The molecule has 0 spiro atoms. The number of carbonyl (C=O) groups is 6. The standard InChI is InChI=1S/6C14H28O2.Mo/c6*1-2-3-4-5-6-7-8-9-10-11-12-13-14(15)16;/h6*2-13H2,1H3,(H,15,16);/q;;;;;;+6/p-6. The number of hydrogen-bond donors (Lipinski definition) is 0. The van der Waals surface area contributed by atoms with Gasteiger partial charge in [0.15, 0.2) is 0 Å². The average molecular weight is 1460 g/mol. The second-order valence-corrected chi connectivity index (χ2v) is 27.9. The summed E-state index contributed by atoms with van der Waals surface area (Å²) in [5.74, 6) is -5.44. The SMILES string of the molecule is CCCCCCCCCCCCCC(=O)[O-].CCCCCCCCCCCCCC(=O)[O-].CCCCCCCCCCCCCC(=O)[O-].CCCCCCCCCCCCCC(=O)[O-].CCCCCCCCCCCCCC(=O)[O-].CCCCCCCCCCCCCC(=O)[O-].[Mo+6]. The van der Waals surface area contributed by atoms with E-state index >= 15 is 0 Å². The van der Waals surface area contributed by atoms with Crippen LogP contribution in [-0.4, -0.2) is 35.8 Å². The van der Waals surface area contributed by atoms with Crippen LogP contribution < -0.4 is 30.6 Å². The van der Waals surface area contributed by atoms with Gasteiger partial charge in [-0.15, -0.1) is 0 Å². The Labute approximate surface area is 616 Å². The molecule has 0 saturated heterocycles. The minimum Gasteiger partial charge on any atom is -0.550 e. The smallest absolute Gasteiger partial charge is 0.550 e. The van der Waals surface area contributed by atoms with Gasteiger partial charge >= 0.3 is 21.1 Å². The Morgan fingerprint density at radius 2 is 0.196 bits per heavy atom. The minimum atomic E-state index is -0.907. The molecule has 576 valence electrons. The number of carboxylic acid groups (broad SMARTS) is 6. The number of carboxylic acids is 6. The van der Waals surface area contributed by atoms with Crippen LogP contribution in [0.5, 0.6) is 0 Å². The zero-order valence-corrected chi connectivity index (χ0v) is 67.2. The van der Waals surface area contributed by atoms with Crippen molar-refractivity contribution in [1.29, 1.82) is 0 Å². The van der Waals surface area contributed by atoms with Crippen molar-refractivity contribution >= 4 is 35.8 Å². The van der Waals surface area contributed by atoms with E-state index in [4.69, 9.17) is 0 Å². The van der Waals surface area contributed by atoms with Crippen molar-refractivity contribution in [3.63, 3.8) is 0 Å². The zero-order chi connectivity index (χ0) is 72.4. The maximum absolute atomic E-state index is 10.1. The summed E-state index contributed by atoms with van der Waals surface area (Å²) >= 11 is 0. The summed E-state index contributed by atoms with van der Waals surface area (Å²) in [4.78, 5) is 60.9. The van der Waals surface area contributed by atoms with Crippen molar-refractivity contribution in [3.8, 4) is 0 Å². The molecule has 0 amide bonds. The third-order valence-electron chi connectivity index (χ3n) is 17.9. The van der Waals surface area contributed by atoms with Gasteiger partial charge < -0.3 is 59.4 Å². The molecule has 0 aromatic heterocycles. The van der Waals surface area contributed by atoms with Gasteiger partial charge in [0.2, 0.25) is 0 Å². The first-order chi connectivity index (χ1) is 46.6. The molecule has 12 nitrogen and oxygen atoms in total. The Bertz CT molecular complexity index is 1220. The predicted octanol–water partition coefficient (Wildman–Crippen LogP) is 20.6. The molecule has 0 aromatic rings. The fourth-order valence-corrected chi connectivity index (χ4v) is 11.6. The number of unbranched alkanes of at least 4 members (excludes halogenated alkanes) is 60. The number of hydrogen-bond acceptors (Lipinski definition) is 12. The summed E-state index contributed by atoms with van der Waals surface area (Å²) in [5.41, 5.74) is 0. The van der Waals surface area contributed by atoms with E-state index < -0.39 is 35.8 Å². The van der Waals surface area contributed by atoms with Gasteiger partial charge in [-0.2, -0.15) is 0 Å². The van der Waals surface area contributed by atoms with E-state index in [1.165, 1.54) is 347 Å². The van der Waals surface area contributed by atoms with E-state index in [1.807, 2.05) is 0 Å². The summed E-state index contributed by atoms with van der Waals surface area (Å²) in [6.45, 7) is 13.5. The molecule has 0 fully saturated rings. The third kappa shape index (κ3) is 137. The molecule has 0 aliphatic carbocycles. The van der Waals surface area contributed by atoms with Crippen LogP contribution in [0.25, 0.3) is 0 Å². The fourth-order valence-electron chi connectivity index (χ4n) is 11.6. The van der Waals surface area contributed by atoms with Crippen molar-refractivity contribution in [3.05, 3.63) is 0 Å². The van der Waals surface area contributed by atoms with Crippen LogP contribution in [0.3, 0.4) is 0 Å². The first-order valence-electron chi connectivity index (χ1n) is 41.8. The van der Waals surface area contributed by atoms with Crippen molar-refractivity contribution in [2.24, 2.45) is 0 Å². The van der Waals surface area contributed by atoms with Crippen molar-refractivity contribution in [2.75, 3.05) is 0 Å². The summed E-state index contributed by atoms with van der Waals surface area (Å²) in [6.07, 6.45) is 84.2. The molecule has 0 aliphatic heterocycles. The van der Waals surface area contributed by atoms with Gasteiger partial charge in [0.05, 0.1) is 0 Å². The van der Waals surface area contributed by atoms with Crippen LogP contribution in [0.15, 0.2) is 0 Å². The second-order valence-electron chi connectivity index (χ2n) is 27.9. The third-order valence-corrected chi connectivity index (χ3v) is 17.9. The molecule has 13 heteroatoms. The van der Waals surface area contributed by atoms with Crippen molar-refractivity contribution in [1.82, 2.24) is 0 Å². The maximum Gasteiger partial charge on any atom is 6.00 e. The Hall–Kier alpha value is -2.49. The molecule has 0 saturated carbocycles. The van der Waals surface area contributed by atoms with Crippen LogP contribution in [0.4, 0.5) is 0 Å². The number of aliphatic carboxylic acids is 6. The summed E-state index contributed by atoms with van der Waals surface area (Å²) in [6, 6.07) is 0. The van der Waals surface area contributed by atoms with Crippen LogP contribution in [0.1, 0.15) is 504 Å². The van der Waals surface area contributed by atoms with E-state index in [-0.39, 0.29) is 59.6 Å². The molecule has 0 rings (SSSR count). The molecule has 0 atom stereocenters. The predicted molar refractivity (Wildman–Crippen MR) is 397 cm³/mol. The van der Waals surface area contributed by atoms with Gasteiger partial charge in [0, 0.05) is 35.8 Å². The van der Waals surface area contributed by atoms with Crippen LogP contribution in [0, 0.1) is 0 Å². The molecule has 0 heterocycles. The van der Waals surface area contributed by atoms with Crippen LogP contribution in [0.2, 0.25) is 0 Å². The fraction of sp³-hybridized carbons (Fsp3) is 0.929. The molecule has 0 bridgehead atoms. The van der Waals surface area contributed by atoms with E-state index in [1.54, 1.807) is 0 Å². The molecular weight excluding hydrogens is 1300 g/mol. The molecule has 0 N–H and O–H groups in total. The van der Waals surface area contributed by atoms with E-state index in [0.717, 1.165) is 77.0 Å². The normalized spacial score (nSPS) is 10.5. The molecule has 0 unspecified atom stereocenters. The Balaban J connectivity index is -0.000000200. The quantitative estimate of drug-likeness (QED) is 0.0408. The Morgan fingerprint density at radius 3 is 0.258 bits per heavy atom. The van der Waals surface area contributed by atoms with Gasteiger partial charge in [-0.1, -0.05) is 427 Å². The number of carbonyl (C=O) groups excluding carboxylic acids is 6. The summed E-state index contributed by atoms with van der Waals surface area (Å²) < 4.78 is 0. The number of rotatable bonds is 72. The van der Waals surface area contributed by atoms with Gasteiger partial charge in [-0.3, -0.25) is 0 Å². The van der Waals surface area contributed by atoms with Crippen LogP contribution in [-0.2, 0) is 49.8 Å². The summed E-state index contributed by atoms with van der Waals surface area (Å²) in [5, 5.41) is 60.9. The summed E-state index contributed by atoms with van der Waals surface area (Å²) in [7, 11) is 0. The first-order valence-corrected chi connectivity index (χ1v) is 41.8. The molecule has 0 radical (unpaired) electrons. The first kappa shape index (κ1) is 108. The van der Waals surface area contributed by atoms with E-state index in [9.17, 15) is 59.4 Å². The van der Waals surface area contributed by atoms with Gasteiger partial charge in [-0.25, -0.2) is 0 Å². The van der Waals surface area contributed by atoms with Gasteiger partial charge in [-0.05, 0) is 77.0 Å². The molecule has 97 heavy (non-hydrogen) atoms. The largest absolute Gasteiger partial charge is 6.00 e. The monoisotopic (exact) mass is 1460 g/mol. The minimum absolute atomic E-state index is 0. The van der Waals surface area contributed by atoms with E-state index in [0.29, 0.717) is 0 Å². The molecule has 0 aliphatic rings. The van der Waals surface area contributed by atoms with Crippen molar-refractivity contribution < 1.29 is 80.5 Å². The van der Waals surface area contributed by atoms with Crippen molar-refractivity contribution in [2.45, 2.75) is 504 Å². The molecule has 0 aromatic carbocycles. The topological polar surface area (TPSA) is 241 Å². The average Bonchev–Trinajstić information content (AvgIpc) is 3.59. The zero-order valence-electron chi connectivity index (χ0n) is 65.2. The van der Waals surface area contributed by atoms with Gasteiger partial charge in [0.25, 0.3) is 0 Å². The Kier molecular flexibility index (Phi) is 116.